The summed E-state index contributed by atoms with van der Waals surface area (Å²) in [6.45, 7) is 3.78. The Morgan fingerprint density at radius 1 is 1.55 bits per heavy atom. The summed E-state index contributed by atoms with van der Waals surface area (Å²) in [4.78, 5) is 13.2. The Morgan fingerprint density at radius 3 is 2.80 bits per heavy atom. The monoisotopic (exact) mass is 295 g/mol. The van der Waals surface area contributed by atoms with Gasteiger partial charge in [-0.25, -0.2) is 0 Å². The summed E-state index contributed by atoms with van der Waals surface area (Å²) in [5.41, 5.74) is 0.633. The van der Waals surface area contributed by atoms with E-state index in [1.807, 2.05) is 13.8 Å². The van der Waals surface area contributed by atoms with Crippen molar-refractivity contribution in [3.05, 3.63) is 18.2 Å². The Bertz CT molecular complexity index is 544. The second-order valence-corrected chi connectivity index (χ2v) is 5.33. The molecular weight excluding hydrogens is 278 g/mol. The van der Waals surface area contributed by atoms with Gasteiger partial charge in [0.25, 0.3) is 0 Å². The van der Waals surface area contributed by atoms with Crippen LogP contribution < -0.4 is 14.4 Å². The minimum Gasteiger partial charge on any atom is -0.493 e. The van der Waals surface area contributed by atoms with Crippen LogP contribution in [0.25, 0.3) is 0 Å². The Labute approximate surface area is 123 Å². The quantitative estimate of drug-likeness (QED) is 0.860. The molecule has 1 unspecified atom stereocenters. The fourth-order valence-corrected chi connectivity index (χ4v) is 2.65. The van der Waals surface area contributed by atoms with Crippen molar-refractivity contribution in [3.63, 3.8) is 0 Å². The van der Waals surface area contributed by atoms with E-state index >= 15 is 0 Å². The van der Waals surface area contributed by atoms with Crippen molar-refractivity contribution in [3.8, 4) is 11.5 Å². The van der Waals surface area contributed by atoms with Gasteiger partial charge in [0, 0.05) is 0 Å². The summed E-state index contributed by atoms with van der Waals surface area (Å²) in [5, 5.41) is 9.09. The minimum absolute atomic E-state index is 0.136. The second kappa shape index (κ2) is 5.66. The Hall–Kier alpha value is -1.82. The molecule has 5 nitrogen and oxygen atoms in total. The van der Waals surface area contributed by atoms with Crippen molar-refractivity contribution in [1.82, 2.24) is 0 Å². The normalized spacial score (nSPS) is 17.7. The molecule has 1 atom stereocenters. The van der Waals surface area contributed by atoms with E-state index < -0.39 is 5.97 Å². The molecule has 1 N–H and O–H groups in total. The van der Waals surface area contributed by atoms with Crippen LogP contribution >= 0.6 is 12.2 Å². The Balaban J connectivity index is 2.52. The third-order valence-corrected chi connectivity index (χ3v) is 3.57. The highest BCUT2D eigenvalue weighted by molar-refractivity contribution is 7.80. The lowest BCUT2D eigenvalue weighted by Crippen LogP contribution is -2.49. The van der Waals surface area contributed by atoms with Crippen LogP contribution in [0.5, 0.6) is 11.5 Å². The van der Waals surface area contributed by atoms with E-state index in [-0.39, 0.29) is 18.6 Å². The number of carbonyl (C=O) groups is 1. The fourth-order valence-electron chi connectivity index (χ4n) is 2.17. The first kappa shape index (κ1) is 14.6. The molecule has 0 amide bonds. The Morgan fingerprint density at radius 2 is 2.25 bits per heavy atom. The van der Waals surface area contributed by atoms with Gasteiger partial charge in [0.05, 0.1) is 12.8 Å². The van der Waals surface area contributed by atoms with Crippen molar-refractivity contribution >= 4 is 28.9 Å². The number of ether oxygens (including phenoxy) is 2. The van der Waals surface area contributed by atoms with Gasteiger partial charge in [-0.1, -0.05) is 32.1 Å². The lowest BCUT2D eigenvalue weighted by molar-refractivity contribution is -0.135. The standard InChI is InChI=1S/C14H17NO4S/c1-8(2)12-14(20)15(7-11(16)17)9-5-4-6-10(18-3)13(9)19-12/h4-6,8,12H,7H2,1-3H3,(H,16,17). The molecular formula is C14H17NO4S. The molecule has 0 saturated heterocycles. The number of hydrogen-bond donors (Lipinski definition) is 1. The number of benzene rings is 1. The van der Waals surface area contributed by atoms with Gasteiger partial charge >= 0.3 is 5.97 Å². The molecule has 1 heterocycles. The smallest absolute Gasteiger partial charge is 0.323 e. The molecule has 0 aromatic heterocycles. The number of hydrogen-bond acceptors (Lipinski definition) is 4. The van der Waals surface area contributed by atoms with Crippen molar-refractivity contribution < 1.29 is 19.4 Å². The van der Waals surface area contributed by atoms with Gasteiger partial charge in [-0.05, 0) is 18.1 Å². The van der Waals surface area contributed by atoms with Gasteiger partial charge in [-0.2, -0.15) is 0 Å². The van der Waals surface area contributed by atoms with Gasteiger partial charge in [0.2, 0.25) is 0 Å². The molecule has 2 rings (SSSR count). The maximum absolute atomic E-state index is 11.1. The number of rotatable bonds is 4. The van der Waals surface area contributed by atoms with Crippen LogP contribution in [0.1, 0.15) is 13.8 Å². The molecule has 6 heteroatoms. The largest absolute Gasteiger partial charge is 0.493 e. The highest BCUT2D eigenvalue weighted by atomic mass is 32.1. The zero-order chi connectivity index (χ0) is 14.9. The van der Waals surface area contributed by atoms with E-state index in [2.05, 4.69) is 0 Å². The van der Waals surface area contributed by atoms with Gasteiger partial charge in [0.15, 0.2) is 17.6 Å². The SMILES string of the molecule is COc1cccc2c1OC(C(C)C)C(=S)N2CC(=O)O. The number of fused-ring (bicyclic) bond motifs is 1. The number of carboxylic acid groups (broad SMARTS) is 1. The minimum atomic E-state index is -0.939. The van der Waals surface area contributed by atoms with Crippen LogP contribution in [0, 0.1) is 5.92 Å². The van der Waals surface area contributed by atoms with E-state index in [0.717, 1.165) is 0 Å². The van der Waals surface area contributed by atoms with Crippen LogP contribution in [-0.2, 0) is 4.79 Å². The van der Waals surface area contributed by atoms with E-state index in [4.69, 9.17) is 26.8 Å². The van der Waals surface area contributed by atoms with Gasteiger partial charge in [0.1, 0.15) is 11.5 Å². The third-order valence-electron chi connectivity index (χ3n) is 3.12. The first-order valence-corrected chi connectivity index (χ1v) is 6.73. The van der Waals surface area contributed by atoms with E-state index in [9.17, 15) is 4.79 Å². The average Bonchev–Trinajstić information content (AvgIpc) is 2.40. The summed E-state index contributed by atoms with van der Waals surface area (Å²) in [6, 6.07) is 5.35. The lowest BCUT2D eigenvalue weighted by Gasteiger charge is -2.38. The zero-order valence-electron chi connectivity index (χ0n) is 11.6. The first-order valence-electron chi connectivity index (χ1n) is 6.32. The van der Waals surface area contributed by atoms with Crippen LogP contribution in [0.15, 0.2) is 18.2 Å². The van der Waals surface area contributed by atoms with Crippen molar-refractivity contribution in [1.29, 1.82) is 0 Å². The van der Waals surface area contributed by atoms with E-state index in [1.165, 1.54) is 0 Å². The number of carboxylic acids is 1. The fraction of sp³-hybridized carbons (Fsp3) is 0.429. The first-order chi connectivity index (χ1) is 9.45. The lowest BCUT2D eigenvalue weighted by atomic mass is 10.0. The number of nitrogens with zero attached hydrogens (tertiary/aromatic N) is 1. The summed E-state index contributed by atoms with van der Waals surface area (Å²) in [6.07, 6.45) is -0.340. The third kappa shape index (κ3) is 2.56. The molecule has 0 radical (unpaired) electrons. The molecule has 1 aromatic carbocycles. The summed E-state index contributed by atoms with van der Waals surface area (Å²) < 4.78 is 11.2. The van der Waals surface area contributed by atoms with Crippen LogP contribution in [0.3, 0.4) is 0 Å². The molecule has 0 aliphatic carbocycles. The maximum Gasteiger partial charge on any atom is 0.323 e. The summed E-state index contributed by atoms with van der Waals surface area (Å²) >= 11 is 5.40. The predicted octanol–water partition coefficient (Wildman–Crippen LogP) is 2.33. The van der Waals surface area contributed by atoms with Crippen molar-refractivity contribution in [2.24, 2.45) is 5.92 Å². The number of para-hydroxylation sites is 1. The number of methoxy groups -OCH3 is 1. The molecule has 0 fully saturated rings. The highest BCUT2D eigenvalue weighted by Crippen LogP contribution is 2.42. The van der Waals surface area contributed by atoms with Crippen LogP contribution in [0.4, 0.5) is 5.69 Å². The predicted molar refractivity (Wildman–Crippen MR) is 79.8 cm³/mol. The molecule has 0 bridgehead atoms. The van der Waals surface area contributed by atoms with E-state index in [1.54, 1.807) is 30.2 Å². The average molecular weight is 295 g/mol. The topological polar surface area (TPSA) is 59.0 Å². The molecule has 1 aliphatic rings. The number of thiocarbonyl (C=S) groups is 1. The van der Waals surface area contributed by atoms with Crippen LogP contribution in [0.2, 0.25) is 0 Å². The molecule has 0 saturated carbocycles. The van der Waals surface area contributed by atoms with Crippen LogP contribution in [-0.4, -0.2) is 35.8 Å². The molecule has 108 valence electrons. The zero-order valence-corrected chi connectivity index (χ0v) is 12.4. The summed E-state index contributed by atoms with van der Waals surface area (Å²) in [7, 11) is 1.55. The van der Waals surface area contributed by atoms with Crippen molar-refractivity contribution in [2.45, 2.75) is 20.0 Å². The van der Waals surface area contributed by atoms with Gasteiger partial charge < -0.3 is 19.5 Å². The van der Waals surface area contributed by atoms with Gasteiger partial charge in [-0.15, -0.1) is 0 Å². The molecule has 20 heavy (non-hydrogen) atoms. The highest BCUT2D eigenvalue weighted by Gasteiger charge is 2.35. The molecule has 1 aromatic rings. The second-order valence-electron chi connectivity index (χ2n) is 4.91. The maximum atomic E-state index is 11.1. The number of aliphatic carboxylic acids is 1. The molecule has 0 spiro atoms. The Kier molecular flexibility index (Phi) is 4.13. The van der Waals surface area contributed by atoms with Gasteiger partial charge in [-0.3, -0.25) is 4.79 Å². The van der Waals surface area contributed by atoms with Crippen molar-refractivity contribution in [2.75, 3.05) is 18.6 Å². The number of anilines is 1. The molecule has 1 aliphatic heterocycles. The summed E-state index contributed by atoms with van der Waals surface area (Å²) in [5.74, 6) is 0.317. The van der Waals surface area contributed by atoms with E-state index in [0.29, 0.717) is 22.2 Å².